The molecular weight excluding hydrogens is 329 g/mol. The van der Waals surface area contributed by atoms with Crippen LogP contribution in [-0.2, 0) is 22.0 Å². The monoisotopic (exact) mass is 347 g/mol. The molecule has 24 heavy (non-hydrogen) atoms. The van der Waals surface area contributed by atoms with Crippen LogP contribution in [0, 0.1) is 5.82 Å². The largest absolute Gasteiger partial charge is 0.308 e. The SMILES string of the molecule is CS(=O)(=O)Cc1cccc(C(=O)N2CCCc3ccc(F)cc32)c1. The number of benzene rings is 2. The molecule has 4 nitrogen and oxygen atoms in total. The van der Waals surface area contributed by atoms with Crippen molar-refractivity contribution in [3.8, 4) is 0 Å². The smallest absolute Gasteiger partial charge is 0.258 e. The molecule has 1 aliphatic rings. The minimum Gasteiger partial charge on any atom is -0.308 e. The number of fused-ring (bicyclic) bond motifs is 1. The molecule has 3 rings (SSSR count). The number of rotatable bonds is 3. The van der Waals surface area contributed by atoms with Gasteiger partial charge in [0.05, 0.1) is 11.4 Å². The van der Waals surface area contributed by atoms with Crippen molar-refractivity contribution in [2.45, 2.75) is 18.6 Å². The van der Waals surface area contributed by atoms with Crippen molar-refractivity contribution in [2.75, 3.05) is 17.7 Å². The van der Waals surface area contributed by atoms with Crippen molar-refractivity contribution in [2.24, 2.45) is 0 Å². The van der Waals surface area contributed by atoms with Crippen LogP contribution in [-0.4, -0.2) is 27.1 Å². The standard InChI is InChI=1S/C18H18FNO3S/c1-24(22,23)12-13-4-2-5-15(10-13)18(21)20-9-3-6-14-7-8-16(19)11-17(14)20/h2,4-5,7-8,10-11H,3,6,9,12H2,1H3. The Balaban J connectivity index is 1.94. The number of carbonyl (C=O) groups is 1. The van der Waals surface area contributed by atoms with E-state index in [9.17, 15) is 17.6 Å². The summed E-state index contributed by atoms with van der Waals surface area (Å²) in [5.41, 5.74) is 2.52. The van der Waals surface area contributed by atoms with Crippen LogP contribution in [0.4, 0.5) is 10.1 Å². The molecule has 0 aromatic heterocycles. The zero-order chi connectivity index (χ0) is 17.3. The number of hydrogen-bond donors (Lipinski definition) is 0. The van der Waals surface area contributed by atoms with Crippen LogP contribution in [0.15, 0.2) is 42.5 Å². The van der Waals surface area contributed by atoms with Crippen LogP contribution in [0.5, 0.6) is 0 Å². The summed E-state index contributed by atoms with van der Waals surface area (Å²) >= 11 is 0. The van der Waals surface area contributed by atoms with Gasteiger partial charge in [0.15, 0.2) is 9.84 Å². The fourth-order valence-electron chi connectivity index (χ4n) is 3.01. The Hall–Kier alpha value is -2.21. The van der Waals surface area contributed by atoms with Crippen molar-refractivity contribution >= 4 is 21.4 Å². The summed E-state index contributed by atoms with van der Waals surface area (Å²) in [5, 5.41) is 0. The van der Waals surface area contributed by atoms with Crippen LogP contribution in [0.3, 0.4) is 0 Å². The maximum atomic E-state index is 13.6. The minimum absolute atomic E-state index is 0.112. The molecule has 1 aliphatic heterocycles. The van der Waals surface area contributed by atoms with Crippen molar-refractivity contribution in [1.82, 2.24) is 0 Å². The highest BCUT2D eigenvalue weighted by atomic mass is 32.2. The normalized spacial score (nSPS) is 14.3. The van der Waals surface area contributed by atoms with Gasteiger partial charge in [0, 0.05) is 18.4 Å². The van der Waals surface area contributed by atoms with Gasteiger partial charge in [-0.3, -0.25) is 4.79 Å². The molecule has 1 amide bonds. The second-order valence-electron chi connectivity index (χ2n) is 6.10. The third-order valence-electron chi connectivity index (χ3n) is 4.01. The Morgan fingerprint density at radius 2 is 2.00 bits per heavy atom. The van der Waals surface area contributed by atoms with E-state index in [1.54, 1.807) is 35.2 Å². The van der Waals surface area contributed by atoms with Crippen molar-refractivity contribution < 1.29 is 17.6 Å². The predicted octanol–water partition coefficient (Wildman–Crippen LogP) is 2.96. The van der Waals surface area contributed by atoms with Gasteiger partial charge in [0.25, 0.3) is 5.91 Å². The van der Waals surface area contributed by atoms with Gasteiger partial charge in [-0.15, -0.1) is 0 Å². The van der Waals surface area contributed by atoms with E-state index in [1.807, 2.05) is 0 Å². The highest BCUT2D eigenvalue weighted by molar-refractivity contribution is 7.89. The zero-order valence-electron chi connectivity index (χ0n) is 13.3. The van der Waals surface area contributed by atoms with Gasteiger partial charge in [-0.1, -0.05) is 18.2 Å². The molecule has 0 spiro atoms. The molecule has 0 aliphatic carbocycles. The molecule has 0 atom stereocenters. The van der Waals surface area contributed by atoms with Gasteiger partial charge >= 0.3 is 0 Å². The summed E-state index contributed by atoms with van der Waals surface area (Å²) in [6.07, 6.45) is 2.78. The Morgan fingerprint density at radius 1 is 1.21 bits per heavy atom. The molecule has 0 saturated carbocycles. The van der Waals surface area contributed by atoms with Crippen LogP contribution in [0.25, 0.3) is 0 Å². The molecular formula is C18H18FNO3S. The number of anilines is 1. The molecule has 2 aromatic rings. The molecule has 0 unspecified atom stereocenters. The third-order valence-corrected chi connectivity index (χ3v) is 4.87. The van der Waals surface area contributed by atoms with Gasteiger partial charge in [0.2, 0.25) is 0 Å². The molecule has 0 saturated heterocycles. The number of hydrogen-bond acceptors (Lipinski definition) is 3. The average molecular weight is 347 g/mol. The van der Waals surface area contributed by atoms with E-state index >= 15 is 0 Å². The van der Waals surface area contributed by atoms with Gasteiger partial charge in [-0.25, -0.2) is 12.8 Å². The lowest BCUT2D eigenvalue weighted by Crippen LogP contribution is -2.35. The topological polar surface area (TPSA) is 54.5 Å². The molecule has 1 heterocycles. The predicted molar refractivity (Wildman–Crippen MR) is 91.4 cm³/mol. The molecule has 126 valence electrons. The highest BCUT2D eigenvalue weighted by Crippen LogP contribution is 2.29. The molecule has 6 heteroatoms. The molecule has 0 radical (unpaired) electrons. The number of carbonyl (C=O) groups excluding carboxylic acids is 1. The van der Waals surface area contributed by atoms with E-state index in [2.05, 4.69) is 0 Å². The number of aryl methyl sites for hydroxylation is 1. The first kappa shape index (κ1) is 16.6. The molecule has 2 aromatic carbocycles. The Labute approximate surface area is 140 Å². The van der Waals surface area contributed by atoms with Crippen LogP contribution in [0.1, 0.15) is 27.9 Å². The Morgan fingerprint density at radius 3 is 2.75 bits per heavy atom. The summed E-state index contributed by atoms with van der Waals surface area (Å²) in [7, 11) is -3.17. The van der Waals surface area contributed by atoms with E-state index in [0.717, 1.165) is 24.7 Å². The van der Waals surface area contributed by atoms with Gasteiger partial charge in [0.1, 0.15) is 5.82 Å². The molecule has 0 fully saturated rings. The van der Waals surface area contributed by atoms with E-state index in [-0.39, 0.29) is 17.5 Å². The molecule has 0 N–H and O–H groups in total. The number of halogens is 1. The fraction of sp³-hybridized carbons (Fsp3) is 0.278. The number of sulfone groups is 1. The van der Waals surface area contributed by atoms with Crippen molar-refractivity contribution in [3.05, 3.63) is 65.0 Å². The lowest BCUT2D eigenvalue weighted by molar-refractivity contribution is 0.0985. The first-order valence-electron chi connectivity index (χ1n) is 7.70. The first-order chi connectivity index (χ1) is 11.3. The van der Waals surface area contributed by atoms with Crippen LogP contribution in [0.2, 0.25) is 0 Å². The van der Waals surface area contributed by atoms with Crippen molar-refractivity contribution in [1.29, 1.82) is 0 Å². The summed E-state index contributed by atoms with van der Waals surface area (Å²) in [4.78, 5) is 14.4. The maximum absolute atomic E-state index is 13.6. The fourth-order valence-corrected chi connectivity index (χ4v) is 3.80. The Kier molecular flexibility index (Phi) is 4.41. The summed E-state index contributed by atoms with van der Waals surface area (Å²) in [6, 6.07) is 11.1. The maximum Gasteiger partial charge on any atom is 0.258 e. The van der Waals surface area contributed by atoms with E-state index in [1.165, 1.54) is 12.1 Å². The van der Waals surface area contributed by atoms with Gasteiger partial charge in [-0.2, -0.15) is 0 Å². The van der Waals surface area contributed by atoms with Gasteiger partial charge in [-0.05, 0) is 48.2 Å². The molecule has 0 bridgehead atoms. The minimum atomic E-state index is -3.17. The summed E-state index contributed by atoms with van der Waals surface area (Å²) < 4.78 is 36.5. The highest BCUT2D eigenvalue weighted by Gasteiger charge is 2.24. The Bertz CT molecular complexity index is 893. The number of amides is 1. The first-order valence-corrected chi connectivity index (χ1v) is 9.76. The third kappa shape index (κ3) is 3.64. The lowest BCUT2D eigenvalue weighted by atomic mass is 10.0. The summed E-state index contributed by atoms with van der Waals surface area (Å²) in [6.45, 7) is 0.519. The van der Waals surface area contributed by atoms with Crippen LogP contribution < -0.4 is 4.90 Å². The van der Waals surface area contributed by atoms with E-state index in [4.69, 9.17) is 0 Å². The lowest BCUT2D eigenvalue weighted by Gasteiger charge is -2.29. The summed E-state index contributed by atoms with van der Waals surface area (Å²) in [5.74, 6) is -0.726. The van der Waals surface area contributed by atoms with E-state index in [0.29, 0.717) is 23.4 Å². The van der Waals surface area contributed by atoms with Gasteiger partial charge < -0.3 is 4.90 Å². The quantitative estimate of drug-likeness (QED) is 0.858. The average Bonchev–Trinajstić information content (AvgIpc) is 2.52. The van der Waals surface area contributed by atoms with Crippen LogP contribution >= 0.6 is 0 Å². The number of nitrogens with zero attached hydrogens (tertiary/aromatic N) is 1. The second kappa shape index (κ2) is 6.36. The second-order valence-corrected chi connectivity index (χ2v) is 8.24. The zero-order valence-corrected chi connectivity index (χ0v) is 14.1. The van der Waals surface area contributed by atoms with E-state index < -0.39 is 9.84 Å². The van der Waals surface area contributed by atoms with Crippen molar-refractivity contribution in [3.63, 3.8) is 0 Å².